The number of fused-ring (bicyclic) bond motifs is 4. The summed E-state index contributed by atoms with van der Waals surface area (Å²) in [6.07, 6.45) is 7.52. The molecular weight excluding hydrogens is 290 g/mol. The van der Waals surface area contributed by atoms with E-state index in [1.54, 1.807) is 4.90 Å². The van der Waals surface area contributed by atoms with Crippen molar-refractivity contribution in [1.29, 1.82) is 0 Å². The molecule has 1 saturated carbocycles. The summed E-state index contributed by atoms with van der Waals surface area (Å²) < 4.78 is 28.2. The Bertz CT molecular complexity index is 466. The Morgan fingerprint density at radius 3 is 1.95 bits per heavy atom. The number of amides is 2. The molecule has 4 rings (SSSR count). The normalized spacial score (nSPS) is 31.0. The fourth-order valence-corrected chi connectivity index (χ4v) is 5.02. The van der Waals surface area contributed by atoms with Gasteiger partial charge in [0.25, 0.3) is 0 Å². The summed E-state index contributed by atoms with van der Waals surface area (Å²) in [5.41, 5.74) is 0. The van der Waals surface area contributed by atoms with Crippen molar-refractivity contribution in [3.8, 4) is 0 Å². The summed E-state index contributed by atoms with van der Waals surface area (Å²) in [4.78, 5) is 14.1. The highest BCUT2D eigenvalue weighted by atomic mass is 32.2. The van der Waals surface area contributed by atoms with Crippen LogP contribution in [0.15, 0.2) is 0 Å². The molecule has 0 radical (unpaired) electrons. The molecule has 21 heavy (non-hydrogen) atoms. The molecular formula is C14H25N3O3S. The van der Waals surface area contributed by atoms with Crippen molar-refractivity contribution in [2.75, 3.05) is 26.2 Å². The third-order valence-corrected chi connectivity index (χ3v) is 6.56. The van der Waals surface area contributed by atoms with Crippen molar-refractivity contribution in [1.82, 2.24) is 13.9 Å². The van der Waals surface area contributed by atoms with Gasteiger partial charge in [-0.25, -0.2) is 9.52 Å². The molecule has 0 aromatic heterocycles. The van der Waals surface area contributed by atoms with E-state index in [0.29, 0.717) is 38.0 Å². The quantitative estimate of drug-likeness (QED) is 0.840. The molecule has 6 nitrogen and oxygen atoms in total. The van der Waals surface area contributed by atoms with E-state index >= 15 is 0 Å². The Morgan fingerprint density at radius 2 is 1.43 bits per heavy atom. The first-order valence-electron chi connectivity index (χ1n) is 8.11. The Labute approximate surface area is 127 Å². The predicted molar refractivity (Wildman–Crippen MR) is 79.9 cm³/mol. The highest BCUT2D eigenvalue weighted by Crippen LogP contribution is 2.33. The molecule has 1 N–H and O–H groups in total. The van der Waals surface area contributed by atoms with Crippen molar-refractivity contribution < 1.29 is 13.2 Å². The van der Waals surface area contributed by atoms with Crippen LogP contribution in [0, 0.1) is 11.8 Å². The average molecular weight is 315 g/mol. The molecule has 0 aromatic carbocycles. The molecule has 0 atom stereocenters. The summed E-state index contributed by atoms with van der Waals surface area (Å²) in [7, 11) is -3.67. The van der Waals surface area contributed by atoms with Gasteiger partial charge in [-0.3, -0.25) is 0 Å². The molecule has 0 unspecified atom stereocenters. The number of hydrogen-bond donors (Lipinski definition) is 1. The van der Waals surface area contributed by atoms with Crippen LogP contribution in [0.3, 0.4) is 0 Å². The maximum Gasteiger partial charge on any atom is 0.332 e. The van der Waals surface area contributed by atoms with Crippen molar-refractivity contribution in [2.24, 2.45) is 11.8 Å². The number of nitrogens with zero attached hydrogens (tertiary/aromatic N) is 2. The lowest BCUT2D eigenvalue weighted by Gasteiger charge is -2.28. The number of rotatable bonds is 2. The Hall–Kier alpha value is -0.820. The van der Waals surface area contributed by atoms with E-state index in [1.165, 1.54) is 30.0 Å². The molecule has 3 saturated heterocycles. The minimum Gasteiger partial charge on any atom is -0.323 e. The van der Waals surface area contributed by atoms with E-state index in [1.807, 2.05) is 0 Å². The number of nitrogens with one attached hydrogen (secondary N) is 1. The Kier molecular flexibility index (Phi) is 4.40. The first-order chi connectivity index (χ1) is 10.0. The second kappa shape index (κ2) is 6.12. The molecule has 4 aliphatic rings. The summed E-state index contributed by atoms with van der Waals surface area (Å²) in [5.74, 6) is 1.10. The van der Waals surface area contributed by atoms with Gasteiger partial charge in [0.1, 0.15) is 0 Å². The Morgan fingerprint density at radius 1 is 0.905 bits per heavy atom. The number of hydrogen-bond acceptors (Lipinski definition) is 3. The van der Waals surface area contributed by atoms with Crippen LogP contribution >= 0.6 is 0 Å². The molecule has 2 amide bonds. The summed E-state index contributed by atoms with van der Waals surface area (Å²) in [6, 6.07) is -0.431. The third kappa shape index (κ3) is 3.51. The molecule has 0 spiro atoms. The molecule has 1 aliphatic carbocycles. The Balaban J connectivity index is 1.62. The van der Waals surface area contributed by atoms with E-state index in [-0.39, 0.29) is 0 Å². The van der Waals surface area contributed by atoms with Crippen LogP contribution in [-0.2, 0) is 10.2 Å². The average Bonchev–Trinajstić information content (AvgIpc) is 2.81. The topological polar surface area (TPSA) is 69.7 Å². The highest BCUT2D eigenvalue weighted by molar-refractivity contribution is 7.87. The zero-order chi connectivity index (χ0) is 14.9. The van der Waals surface area contributed by atoms with E-state index < -0.39 is 16.2 Å². The van der Waals surface area contributed by atoms with E-state index in [0.717, 1.165) is 19.3 Å². The van der Waals surface area contributed by atoms with Crippen LogP contribution < -0.4 is 4.72 Å². The minimum absolute atomic E-state index is 0.431. The summed E-state index contributed by atoms with van der Waals surface area (Å²) in [5, 5.41) is 0. The van der Waals surface area contributed by atoms with Gasteiger partial charge in [-0.15, -0.1) is 0 Å². The zero-order valence-corrected chi connectivity index (χ0v) is 13.3. The van der Waals surface area contributed by atoms with Gasteiger partial charge in [0, 0.05) is 26.2 Å². The molecule has 4 fully saturated rings. The van der Waals surface area contributed by atoms with Crippen LogP contribution in [0.5, 0.6) is 0 Å². The van der Waals surface area contributed by atoms with Crippen molar-refractivity contribution in [3.05, 3.63) is 0 Å². The lowest BCUT2D eigenvalue weighted by molar-refractivity contribution is 0.197. The molecule has 120 valence electrons. The van der Waals surface area contributed by atoms with Crippen molar-refractivity contribution >= 4 is 16.2 Å². The van der Waals surface area contributed by atoms with E-state index in [2.05, 4.69) is 4.72 Å². The fourth-order valence-electron chi connectivity index (χ4n) is 3.81. The van der Waals surface area contributed by atoms with Crippen LogP contribution in [0.1, 0.15) is 44.9 Å². The SMILES string of the molecule is O=C(NS(=O)(=O)N1CCCCC1)N1CC2CCC(CC2)C1. The maximum atomic E-state index is 12.3. The van der Waals surface area contributed by atoms with Crippen molar-refractivity contribution in [2.45, 2.75) is 44.9 Å². The van der Waals surface area contributed by atoms with Crippen LogP contribution in [-0.4, -0.2) is 49.8 Å². The molecule has 7 heteroatoms. The first kappa shape index (κ1) is 15.1. The largest absolute Gasteiger partial charge is 0.332 e. The lowest BCUT2D eigenvalue weighted by atomic mass is 9.84. The number of carbonyl (C=O) groups is 1. The summed E-state index contributed by atoms with van der Waals surface area (Å²) in [6.45, 7) is 2.46. The van der Waals surface area contributed by atoms with Gasteiger partial charge in [0.05, 0.1) is 0 Å². The lowest BCUT2D eigenvalue weighted by Crippen LogP contribution is -2.50. The molecule has 3 heterocycles. The van der Waals surface area contributed by atoms with Gasteiger partial charge in [0.15, 0.2) is 0 Å². The van der Waals surface area contributed by atoms with Gasteiger partial charge in [-0.05, 0) is 50.4 Å². The maximum absolute atomic E-state index is 12.3. The smallest absolute Gasteiger partial charge is 0.323 e. The predicted octanol–water partition coefficient (Wildman–Crippen LogP) is 1.55. The number of carbonyl (C=O) groups excluding carboxylic acids is 1. The van der Waals surface area contributed by atoms with E-state index in [9.17, 15) is 13.2 Å². The van der Waals surface area contributed by atoms with Gasteiger partial charge >= 0.3 is 16.2 Å². The zero-order valence-electron chi connectivity index (χ0n) is 12.5. The van der Waals surface area contributed by atoms with Crippen molar-refractivity contribution in [3.63, 3.8) is 0 Å². The molecule has 3 aliphatic heterocycles. The minimum atomic E-state index is -3.67. The van der Waals surface area contributed by atoms with Gasteiger partial charge in [-0.1, -0.05) is 6.42 Å². The molecule has 0 aromatic rings. The van der Waals surface area contributed by atoms with Crippen LogP contribution in [0.25, 0.3) is 0 Å². The number of urea groups is 1. The fraction of sp³-hybridized carbons (Fsp3) is 0.929. The number of piperidine rings is 1. The highest BCUT2D eigenvalue weighted by Gasteiger charge is 2.34. The first-order valence-corrected chi connectivity index (χ1v) is 9.55. The second-order valence-corrected chi connectivity index (χ2v) is 8.33. The monoisotopic (exact) mass is 315 g/mol. The van der Waals surface area contributed by atoms with Gasteiger partial charge in [0.2, 0.25) is 0 Å². The van der Waals surface area contributed by atoms with Crippen LogP contribution in [0.4, 0.5) is 4.79 Å². The van der Waals surface area contributed by atoms with Crippen LogP contribution in [0.2, 0.25) is 0 Å². The van der Waals surface area contributed by atoms with Gasteiger partial charge in [-0.2, -0.15) is 12.7 Å². The summed E-state index contributed by atoms with van der Waals surface area (Å²) >= 11 is 0. The third-order valence-electron chi connectivity index (χ3n) is 5.08. The molecule has 2 bridgehead atoms. The standard InChI is InChI=1S/C14H25N3O3S/c18-14(15-21(19,20)17-8-2-1-3-9-17)16-10-12-4-5-13(11-16)7-6-12/h12-13H,1-11H2,(H,15,18). The van der Waals surface area contributed by atoms with E-state index in [4.69, 9.17) is 0 Å². The second-order valence-electron chi connectivity index (χ2n) is 6.66. The van der Waals surface area contributed by atoms with Gasteiger partial charge < -0.3 is 4.90 Å².